The lowest BCUT2D eigenvalue weighted by Gasteiger charge is -2.25. The number of rotatable bonds is 5. The highest BCUT2D eigenvalue weighted by Gasteiger charge is 2.32. The van der Waals surface area contributed by atoms with Crippen LogP contribution in [0, 0.1) is 26.7 Å². The SMILES string of the molecule is Cc1nc2c(c(C)nn2C)c(C)c1CCC(=O)N(C)C(C)C1CC1. The number of hydrogen-bond donors (Lipinski definition) is 0. The number of carbonyl (C=O) groups excluding carboxylic acids is 1. The lowest BCUT2D eigenvalue weighted by Crippen LogP contribution is -2.36. The zero-order valence-corrected chi connectivity index (χ0v) is 15.7. The van der Waals surface area contributed by atoms with Gasteiger partial charge in [0.1, 0.15) is 0 Å². The van der Waals surface area contributed by atoms with Crippen molar-refractivity contribution in [3.63, 3.8) is 0 Å². The molecular formula is C19H28N4O. The van der Waals surface area contributed by atoms with Crippen LogP contribution in [0.15, 0.2) is 0 Å². The molecule has 2 heterocycles. The lowest BCUT2D eigenvalue weighted by molar-refractivity contribution is -0.132. The van der Waals surface area contributed by atoms with Gasteiger partial charge in [0.2, 0.25) is 5.91 Å². The van der Waals surface area contributed by atoms with E-state index in [1.54, 1.807) is 0 Å². The molecule has 1 unspecified atom stereocenters. The molecule has 2 aromatic rings. The summed E-state index contributed by atoms with van der Waals surface area (Å²) in [7, 11) is 3.87. The third-order valence-electron chi connectivity index (χ3n) is 5.63. The predicted octanol–water partition coefficient (Wildman–Crippen LogP) is 3.08. The number of amides is 1. The fourth-order valence-electron chi connectivity index (χ4n) is 3.76. The van der Waals surface area contributed by atoms with Crippen LogP contribution < -0.4 is 0 Å². The second-order valence-electron chi connectivity index (χ2n) is 7.29. The lowest BCUT2D eigenvalue weighted by atomic mass is 9.99. The molecule has 24 heavy (non-hydrogen) atoms. The molecule has 1 fully saturated rings. The minimum absolute atomic E-state index is 0.233. The monoisotopic (exact) mass is 328 g/mol. The highest BCUT2D eigenvalue weighted by molar-refractivity contribution is 5.84. The van der Waals surface area contributed by atoms with Crippen LogP contribution in [0.1, 0.15) is 48.7 Å². The van der Waals surface area contributed by atoms with Gasteiger partial charge in [-0.3, -0.25) is 9.48 Å². The molecule has 3 rings (SSSR count). The standard InChI is InChI=1S/C19H28N4O/c1-11-16(9-10-17(24)22(5)14(4)15-7-8-15)12(2)20-19-18(11)13(3)21-23(19)6/h14-15H,7-10H2,1-6H3. The zero-order valence-electron chi connectivity index (χ0n) is 15.7. The summed E-state index contributed by atoms with van der Waals surface area (Å²) in [6.07, 6.45) is 3.81. The Kier molecular flexibility index (Phi) is 4.37. The van der Waals surface area contributed by atoms with Crippen molar-refractivity contribution in [1.29, 1.82) is 0 Å². The molecule has 5 nitrogen and oxygen atoms in total. The number of pyridine rings is 1. The van der Waals surface area contributed by atoms with E-state index in [0.717, 1.165) is 28.8 Å². The van der Waals surface area contributed by atoms with Crippen LogP contribution in [0.3, 0.4) is 0 Å². The first kappa shape index (κ1) is 16.9. The van der Waals surface area contributed by atoms with Crippen molar-refractivity contribution in [3.8, 4) is 0 Å². The molecule has 0 saturated heterocycles. The van der Waals surface area contributed by atoms with E-state index >= 15 is 0 Å². The number of carbonyl (C=O) groups is 1. The highest BCUT2D eigenvalue weighted by atomic mass is 16.2. The first-order chi connectivity index (χ1) is 11.3. The summed E-state index contributed by atoms with van der Waals surface area (Å²) in [6.45, 7) is 8.35. The quantitative estimate of drug-likeness (QED) is 0.847. The molecule has 0 bridgehead atoms. The summed E-state index contributed by atoms with van der Waals surface area (Å²) in [5.41, 5.74) is 5.35. The molecule has 0 radical (unpaired) electrons. The second-order valence-corrected chi connectivity index (χ2v) is 7.29. The van der Waals surface area contributed by atoms with Crippen LogP contribution >= 0.6 is 0 Å². The van der Waals surface area contributed by atoms with Crippen LogP contribution in [0.25, 0.3) is 11.0 Å². The molecule has 1 aliphatic carbocycles. The van der Waals surface area contributed by atoms with E-state index in [2.05, 4.69) is 18.9 Å². The zero-order chi connectivity index (χ0) is 17.6. The van der Waals surface area contributed by atoms with E-state index in [0.29, 0.717) is 18.4 Å². The fourth-order valence-corrected chi connectivity index (χ4v) is 3.76. The smallest absolute Gasteiger partial charge is 0.222 e. The average Bonchev–Trinajstić information content (AvgIpc) is 3.32. The van der Waals surface area contributed by atoms with Crippen molar-refractivity contribution in [2.24, 2.45) is 13.0 Å². The van der Waals surface area contributed by atoms with Gasteiger partial charge in [-0.1, -0.05) is 0 Å². The number of aryl methyl sites for hydroxylation is 4. The summed E-state index contributed by atoms with van der Waals surface area (Å²) in [6, 6.07) is 0.362. The van der Waals surface area contributed by atoms with E-state index in [1.165, 1.54) is 24.0 Å². The molecule has 130 valence electrons. The van der Waals surface area contributed by atoms with E-state index in [4.69, 9.17) is 4.98 Å². The maximum absolute atomic E-state index is 12.5. The van der Waals surface area contributed by atoms with Gasteiger partial charge in [-0.05, 0) is 64.0 Å². The first-order valence-corrected chi connectivity index (χ1v) is 8.86. The van der Waals surface area contributed by atoms with Crippen molar-refractivity contribution in [2.45, 2.75) is 59.4 Å². The number of aromatic nitrogens is 3. The molecule has 5 heteroatoms. The highest BCUT2D eigenvalue weighted by Crippen LogP contribution is 2.35. The Morgan fingerprint density at radius 3 is 2.58 bits per heavy atom. The first-order valence-electron chi connectivity index (χ1n) is 8.86. The minimum Gasteiger partial charge on any atom is -0.343 e. The fraction of sp³-hybridized carbons (Fsp3) is 0.632. The molecule has 0 aliphatic heterocycles. The Bertz CT molecular complexity index is 788. The second kappa shape index (κ2) is 6.19. The van der Waals surface area contributed by atoms with E-state index in [9.17, 15) is 4.79 Å². The third kappa shape index (κ3) is 2.92. The van der Waals surface area contributed by atoms with Crippen molar-refractivity contribution < 1.29 is 4.79 Å². The van der Waals surface area contributed by atoms with Crippen molar-refractivity contribution in [3.05, 3.63) is 22.5 Å². The molecule has 1 saturated carbocycles. The summed E-state index contributed by atoms with van der Waals surface area (Å²) in [5.74, 6) is 0.940. The van der Waals surface area contributed by atoms with Gasteiger partial charge in [0.25, 0.3) is 0 Å². The molecule has 1 atom stereocenters. The van der Waals surface area contributed by atoms with Crippen LogP contribution in [0.4, 0.5) is 0 Å². The Morgan fingerprint density at radius 2 is 1.96 bits per heavy atom. The predicted molar refractivity (Wildman–Crippen MR) is 96.0 cm³/mol. The van der Waals surface area contributed by atoms with Crippen LogP contribution in [-0.2, 0) is 18.3 Å². The number of fused-ring (bicyclic) bond motifs is 1. The van der Waals surface area contributed by atoms with Gasteiger partial charge < -0.3 is 4.90 Å². The normalized spacial score (nSPS) is 15.8. The maximum Gasteiger partial charge on any atom is 0.222 e. The van der Waals surface area contributed by atoms with Crippen molar-refractivity contribution >= 4 is 16.9 Å². The molecule has 2 aromatic heterocycles. The summed E-state index contributed by atoms with van der Waals surface area (Å²) in [5, 5.41) is 5.62. The Morgan fingerprint density at radius 1 is 1.29 bits per heavy atom. The summed E-state index contributed by atoms with van der Waals surface area (Å²) < 4.78 is 1.84. The average molecular weight is 328 g/mol. The van der Waals surface area contributed by atoms with Crippen LogP contribution in [0.2, 0.25) is 0 Å². The Hall–Kier alpha value is -1.91. The van der Waals surface area contributed by atoms with Crippen molar-refractivity contribution in [2.75, 3.05) is 7.05 Å². The van der Waals surface area contributed by atoms with Gasteiger partial charge in [0.15, 0.2) is 5.65 Å². The van der Waals surface area contributed by atoms with Crippen LogP contribution in [0.5, 0.6) is 0 Å². The van der Waals surface area contributed by atoms with E-state index in [-0.39, 0.29) is 5.91 Å². The molecule has 1 aliphatic rings. The Labute approximate surface area is 144 Å². The third-order valence-corrected chi connectivity index (χ3v) is 5.63. The number of hydrogen-bond acceptors (Lipinski definition) is 3. The van der Waals surface area contributed by atoms with Gasteiger partial charge >= 0.3 is 0 Å². The van der Waals surface area contributed by atoms with Gasteiger partial charge in [-0.2, -0.15) is 5.10 Å². The number of nitrogens with zero attached hydrogens (tertiary/aromatic N) is 4. The Balaban J connectivity index is 1.80. The minimum atomic E-state index is 0.233. The van der Waals surface area contributed by atoms with Crippen LogP contribution in [-0.4, -0.2) is 38.7 Å². The van der Waals surface area contributed by atoms with Gasteiger partial charge in [-0.25, -0.2) is 4.98 Å². The van der Waals surface area contributed by atoms with E-state index in [1.807, 2.05) is 37.5 Å². The summed E-state index contributed by atoms with van der Waals surface area (Å²) in [4.78, 5) is 19.2. The summed E-state index contributed by atoms with van der Waals surface area (Å²) >= 11 is 0. The molecule has 0 aromatic carbocycles. The molecule has 1 amide bonds. The maximum atomic E-state index is 12.5. The van der Waals surface area contributed by atoms with Gasteiger partial charge in [0, 0.05) is 37.6 Å². The van der Waals surface area contributed by atoms with Gasteiger partial charge in [-0.15, -0.1) is 0 Å². The molecular weight excluding hydrogens is 300 g/mol. The topological polar surface area (TPSA) is 51.0 Å². The molecule has 0 N–H and O–H groups in total. The van der Waals surface area contributed by atoms with E-state index < -0.39 is 0 Å². The van der Waals surface area contributed by atoms with Gasteiger partial charge in [0.05, 0.1) is 5.69 Å². The molecule has 0 spiro atoms. The largest absolute Gasteiger partial charge is 0.343 e. The van der Waals surface area contributed by atoms with Crippen molar-refractivity contribution in [1.82, 2.24) is 19.7 Å².